The zero-order chi connectivity index (χ0) is 7.83. The Morgan fingerprint density at radius 3 is 2.18 bits per heavy atom. The van der Waals surface area contributed by atoms with Crippen LogP contribution >= 0.6 is 12.4 Å². The van der Waals surface area contributed by atoms with Gasteiger partial charge in [-0.05, 0) is 13.3 Å². The maximum Gasteiger partial charge on any atom is 0.266 e. The normalized spacial score (nSPS) is 34.9. The summed E-state index contributed by atoms with van der Waals surface area (Å²) in [6.07, 6.45) is 0.470. The van der Waals surface area contributed by atoms with Crippen molar-refractivity contribution in [2.75, 3.05) is 6.54 Å². The summed E-state index contributed by atoms with van der Waals surface area (Å²) in [6, 6.07) is 0. The molecule has 0 bridgehead atoms. The van der Waals surface area contributed by atoms with Crippen LogP contribution in [0.1, 0.15) is 26.7 Å². The molecule has 1 heterocycles. The lowest BCUT2D eigenvalue weighted by molar-refractivity contribution is -0.0544. The predicted octanol–water partition coefficient (Wildman–Crippen LogP) is 2.21. The third-order valence-corrected chi connectivity index (χ3v) is 2.47. The topological polar surface area (TPSA) is 12.0 Å². The SMILES string of the molecule is CCC1(C)NCCC1(F)F.Cl. The Labute approximate surface area is 72.0 Å². The van der Waals surface area contributed by atoms with Crippen molar-refractivity contribution >= 4 is 12.4 Å². The molecule has 1 saturated heterocycles. The summed E-state index contributed by atoms with van der Waals surface area (Å²) in [5.74, 6) is -2.51. The Morgan fingerprint density at radius 1 is 1.45 bits per heavy atom. The zero-order valence-corrected chi connectivity index (χ0v) is 7.60. The van der Waals surface area contributed by atoms with E-state index < -0.39 is 11.5 Å². The first-order chi connectivity index (χ1) is 4.52. The van der Waals surface area contributed by atoms with Crippen LogP contribution < -0.4 is 5.32 Å². The van der Waals surface area contributed by atoms with E-state index in [9.17, 15) is 8.78 Å². The van der Waals surface area contributed by atoms with Gasteiger partial charge in [-0.2, -0.15) is 0 Å². The molecule has 1 aliphatic rings. The van der Waals surface area contributed by atoms with Crippen LogP contribution in [0.4, 0.5) is 8.78 Å². The molecule has 68 valence electrons. The number of nitrogens with one attached hydrogen (secondary N) is 1. The van der Waals surface area contributed by atoms with Gasteiger partial charge in [-0.15, -0.1) is 12.4 Å². The average molecular weight is 186 g/mol. The number of hydrogen-bond donors (Lipinski definition) is 1. The summed E-state index contributed by atoms with van der Waals surface area (Å²) in [5.41, 5.74) is -0.951. The zero-order valence-electron chi connectivity index (χ0n) is 6.79. The molecule has 1 atom stereocenters. The predicted molar refractivity (Wildman–Crippen MR) is 43.5 cm³/mol. The minimum Gasteiger partial charge on any atom is -0.306 e. The third kappa shape index (κ3) is 1.64. The third-order valence-electron chi connectivity index (χ3n) is 2.47. The van der Waals surface area contributed by atoms with E-state index in [-0.39, 0.29) is 18.8 Å². The fourth-order valence-corrected chi connectivity index (χ4v) is 1.28. The summed E-state index contributed by atoms with van der Waals surface area (Å²) in [4.78, 5) is 0. The van der Waals surface area contributed by atoms with Crippen molar-refractivity contribution in [3.63, 3.8) is 0 Å². The van der Waals surface area contributed by atoms with Crippen LogP contribution in [0.5, 0.6) is 0 Å². The summed E-state index contributed by atoms with van der Waals surface area (Å²) in [7, 11) is 0. The van der Waals surface area contributed by atoms with Crippen LogP contribution in [0.3, 0.4) is 0 Å². The summed E-state index contributed by atoms with van der Waals surface area (Å²) < 4.78 is 25.9. The van der Waals surface area contributed by atoms with Gasteiger partial charge in [-0.25, -0.2) is 8.78 Å². The molecule has 1 unspecified atom stereocenters. The highest BCUT2D eigenvalue weighted by atomic mass is 35.5. The maximum atomic E-state index is 12.9. The maximum absolute atomic E-state index is 12.9. The van der Waals surface area contributed by atoms with Gasteiger partial charge in [-0.3, -0.25) is 0 Å². The number of halogens is 3. The molecule has 11 heavy (non-hydrogen) atoms. The summed E-state index contributed by atoms with van der Waals surface area (Å²) in [5, 5.41) is 2.82. The molecular weight excluding hydrogens is 172 g/mol. The van der Waals surface area contributed by atoms with Gasteiger partial charge >= 0.3 is 0 Å². The Bertz CT molecular complexity index is 140. The highest BCUT2D eigenvalue weighted by Gasteiger charge is 2.52. The molecule has 0 aliphatic carbocycles. The lowest BCUT2D eigenvalue weighted by Gasteiger charge is -2.29. The number of alkyl halides is 2. The Balaban J connectivity index is 0.000001000. The second-order valence-electron chi connectivity index (χ2n) is 3.07. The molecule has 1 aliphatic heterocycles. The van der Waals surface area contributed by atoms with E-state index in [0.29, 0.717) is 13.0 Å². The van der Waals surface area contributed by atoms with Gasteiger partial charge in [0.25, 0.3) is 5.92 Å². The minimum absolute atomic E-state index is 0. The second-order valence-corrected chi connectivity index (χ2v) is 3.07. The fourth-order valence-electron chi connectivity index (χ4n) is 1.28. The van der Waals surface area contributed by atoms with Crippen molar-refractivity contribution in [2.45, 2.75) is 38.2 Å². The molecule has 0 amide bonds. The van der Waals surface area contributed by atoms with Crippen LogP contribution in [-0.2, 0) is 0 Å². The van der Waals surface area contributed by atoms with E-state index in [4.69, 9.17) is 0 Å². The summed E-state index contributed by atoms with van der Waals surface area (Å²) >= 11 is 0. The molecule has 1 N–H and O–H groups in total. The van der Waals surface area contributed by atoms with Gasteiger partial charge in [-0.1, -0.05) is 6.92 Å². The lowest BCUT2D eigenvalue weighted by Crippen LogP contribution is -2.48. The summed E-state index contributed by atoms with van der Waals surface area (Å²) in [6.45, 7) is 3.81. The van der Waals surface area contributed by atoms with Crippen molar-refractivity contribution in [1.29, 1.82) is 0 Å². The van der Waals surface area contributed by atoms with Crippen LogP contribution in [0.2, 0.25) is 0 Å². The van der Waals surface area contributed by atoms with Crippen molar-refractivity contribution in [1.82, 2.24) is 5.32 Å². The van der Waals surface area contributed by atoms with E-state index in [1.54, 1.807) is 13.8 Å². The minimum atomic E-state index is -2.51. The first-order valence-electron chi connectivity index (χ1n) is 3.65. The monoisotopic (exact) mass is 185 g/mol. The van der Waals surface area contributed by atoms with Crippen molar-refractivity contribution in [3.05, 3.63) is 0 Å². The van der Waals surface area contributed by atoms with Crippen molar-refractivity contribution in [2.24, 2.45) is 0 Å². The van der Waals surface area contributed by atoms with Crippen LogP contribution in [0.15, 0.2) is 0 Å². The highest BCUT2D eigenvalue weighted by Crippen LogP contribution is 2.38. The van der Waals surface area contributed by atoms with E-state index in [0.717, 1.165) is 0 Å². The fraction of sp³-hybridized carbons (Fsp3) is 1.00. The van der Waals surface area contributed by atoms with E-state index >= 15 is 0 Å². The molecule has 0 aromatic heterocycles. The first kappa shape index (κ1) is 11.1. The lowest BCUT2D eigenvalue weighted by atomic mass is 9.93. The Hall–Kier alpha value is 0.110. The van der Waals surface area contributed by atoms with Gasteiger partial charge in [0.1, 0.15) is 0 Å². The number of rotatable bonds is 1. The Morgan fingerprint density at radius 2 is 2.00 bits per heavy atom. The quantitative estimate of drug-likeness (QED) is 0.661. The van der Waals surface area contributed by atoms with Crippen LogP contribution in [0.25, 0.3) is 0 Å². The highest BCUT2D eigenvalue weighted by molar-refractivity contribution is 5.85. The molecule has 4 heteroatoms. The number of hydrogen-bond acceptors (Lipinski definition) is 1. The molecule has 0 aromatic rings. The average Bonchev–Trinajstić information content (AvgIpc) is 2.10. The van der Waals surface area contributed by atoms with E-state index in [2.05, 4.69) is 5.32 Å². The van der Waals surface area contributed by atoms with Gasteiger partial charge < -0.3 is 5.32 Å². The Kier molecular flexibility index (Phi) is 3.27. The van der Waals surface area contributed by atoms with Crippen LogP contribution in [0, 0.1) is 0 Å². The molecule has 0 saturated carbocycles. The molecule has 1 nitrogen and oxygen atoms in total. The first-order valence-corrected chi connectivity index (χ1v) is 3.65. The molecular formula is C7H14ClF2N. The molecule has 0 spiro atoms. The van der Waals surface area contributed by atoms with Gasteiger partial charge in [0, 0.05) is 13.0 Å². The van der Waals surface area contributed by atoms with Gasteiger partial charge in [0.2, 0.25) is 0 Å². The van der Waals surface area contributed by atoms with E-state index in [1.165, 1.54) is 0 Å². The van der Waals surface area contributed by atoms with Crippen molar-refractivity contribution < 1.29 is 8.78 Å². The molecule has 1 rings (SSSR count). The van der Waals surface area contributed by atoms with Crippen LogP contribution in [-0.4, -0.2) is 18.0 Å². The smallest absolute Gasteiger partial charge is 0.266 e. The molecule has 0 radical (unpaired) electrons. The van der Waals surface area contributed by atoms with Gasteiger partial charge in [0.15, 0.2) is 0 Å². The molecule has 1 fully saturated rings. The largest absolute Gasteiger partial charge is 0.306 e. The van der Waals surface area contributed by atoms with Crippen molar-refractivity contribution in [3.8, 4) is 0 Å². The molecule has 0 aromatic carbocycles. The van der Waals surface area contributed by atoms with E-state index in [1.807, 2.05) is 0 Å². The van der Waals surface area contributed by atoms with Gasteiger partial charge in [0.05, 0.1) is 5.54 Å². The second kappa shape index (κ2) is 3.23. The standard InChI is InChI=1S/C7H13F2N.ClH/c1-3-6(2)7(8,9)4-5-10-6;/h10H,3-5H2,1-2H3;1H.